The molecule has 0 aliphatic rings. The zero-order valence-corrected chi connectivity index (χ0v) is 6.12. The standard InChI is InChI=1S/CH8N8O3/c1-7(10)12-9(11)8(5-3)6-4-2/h5H,3H2,1H3,(H2,2,6)/q-2. The van der Waals surface area contributed by atoms with E-state index in [0.717, 1.165) is 7.05 Å². The Kier molecular flexibility index (Phi) is 5.06. The third-order valence-corrected chi connectivity index (χ3v) is 0.591. The zero-order chi connectivity index (χ0) is 9.56. The van der Waals surface area contributed by atoms with Gasteiger partial charge in [0.15, 0.2) is 0 Å². The smallest absolute Gasteiger partial charge is 0.00110 e. The monoisotopic (exact) mass is 180 g/mol. The van der Waals surface area contributed by atoms with E-state index in [-0.39, 0.29) is 15.8 Å². The largest absolute Gasteiger partial charge is 0.761 e. The lowest BCUT2D eigenvalue weighted by Gasteiger charge is -2.37. The third kappa shape index (κ3) is 3.94. The molecule has 0 heterocycles. The van der Waals surface area contributed by atoms with Gasteiger partial charge in [-0.1, -0.05) is 5.22 Å². The van der Waals surface area contributed by atoms with E-state index in [4.69, 9.17) is 5.84 Å². The van der Waals surface area contributed by atoms with Gasteiger partial charge in [-0.3, -0.25) is 5.84 Å². The van der Waals surface area contributed by atoms with Crippen LogP contribution in [0.2, 0.25) is 0 Å². The van der Waals surface area contributed by atoms with E-state index in [9.17, 15) is 10.4 Å². The van der Waals surface area contributed by atoms with Crippen molar-refractivity contribution in [1.29, 1.82) is 0 Å². The first kappa shape index (κ1) is 10.9. The van der Waals surface area contributed by atoms with Gasteiger partial charge in [0.05, 0.1) is 0 Å². The maximum atomic E-state index is 10.6. The zero-order valence-electron chi connectivity index (χ0n) is 6.12. The predicted molar refractivity (Wildman–Crippen MR) is 35.6 cm³/mol. The van der Waals surface area contributed by atoms with E-state index in [2.05, 4.69) is 21.2 Å². The average molecular weight is 180 g/mol. The summed E-state index contributed by atoms with van der Waals surface area (Å²) in [5, 5.41) is 26.1. The van der Waals surface area contributed by atoms with Crippen LogP contribution in [0, 0.1) is 10.4 Å². The summed E-state index contributed by atoms with van der Waals surface area (Å²) in [6, 6.07) is 0. The van der Waals surface area contributed by atoms with Crippen LogP contribution in [0.3, 0.4) is 0 Å². The Morgan fingerprint density at radius 2 is 2.08 bits per heavy atom. The number of hydrogen-bond acceptors (Lipinski definition) is 9. The molecule has 0 atom stereocenters. The fourth-order valence-corrected chi connectivity index (χ4v) is 0.287. The highest BCUT2D eigenvalue weighted by molar-refractivity contribution is 4.30. The van der Waals surface area contributed by atoms with Gasteiger partial charge in [0.2, 0.25) is 0 Å². The van der Waals surface area contributed by atoms with E-state index in [0.29, 0.717) is 0 Å². The number of hydrazine groups is 3. The van der Waals surface area contributed by atoms with Crippen LogP contribution in [0.4, 0.5) is 0 Å². The van der Waals surface area contributed by atoms with Gasteiger partial charge in [0.1, 0.15) is 0 Å². The molecule has 12 heavy (non-hydrogen) atoms. The summed E-state index contributed by atoms with van der Waals surface area (Å²) in [7, 11) is 0.944. The highest BCUT2D eigenvalue weighted by Gasteiger charge is 2.01. The molecule has 0 rings (SSSR count). The maximum Gasteiger partial charge on any atom is 0.00110 e. The molecule has 0 aromatic heterocycles. The van der Waals surface area contributed by atoms with Crippen molar-refractivity contribution in [2.75, 3.05) is 7.05 Å². The Morgan fingerprint density at radius 3 is 2.42 bits per heavy atom. The minimum absolute atomic E-state index is 0.122. The molecule has 5 N–H and O–H groups in total. The average Bonchev–Trinajstić information content (AvgIpc) is 1.98. The summed E-state index contributed by atoms with van der Waals surface area (Å²) in [6.45, 7) is 0. The van der Waals surface area contributed by atoms with Crippen LogP contribution < -0.4 is 17.2 Å². The molecule has 0 saturated heterocycles. The molecule has 0 aliphatic carbocycles. The molecule has 11 nitrogen and oxygen atoms in total. The van der Waals surface area contributed by atoms with Crippen molar-refractivity contribution in [3.63, 3.8) is 0 Å². The first-order chi connectivity index (χ1) is 5.61. The maximum absolute atomic E-state index is 10.6. The number of nitrogens with one attached hydrogen (secondary N) is 1. The van der Waals surface area contributed by atoms with Crippen LogP contribution in [0.15, 0.2) is 10.4 Å². The molecule has 0 radical (unpaired) electrons. The number of rotatable bonds is 5. The summed E-state index contributed by atoms with van der Waals surface area (Å²) >= 11 is 0. The fraction of sp³-hybridized carbons (Fsp3) is 1.00. The van der Waals surface area contributed by atoms with E-state index in [1.165, 1.54) is 0 Å². The summed E-state index contributed by atoms with van der Waals surface area (Å²) in [4.78, 5) is 3.89. The minimum Gasteiger partial charge on any atom is -0.761 e. The van der Waals surface area contributed by atoms with Gasteiger partial charge < -0.3 is 16.3 Å². The first-order valence-corrected chi connectivity index (χ1v) is 2.55. The van der Waals surface area contributed by atoms with Crippen LogP contribution in [0.25, 0.3) is 0 Å². The van der Waals surface area contributed by atoms with Crippen LogP contribution in [-0.2, 0) is 4.94 Å². The van der Waals surface area contributed by atoms with E-state index in [1.54, 1.807) is 5.53 Å². The third-order valence-electron chi connectivity index (χ3n) is 0.591. The van der Waals surface area contributed by atoms with Crippen molar-refractivity contribution < 1.29 is 4.94 Å². The highest BCUT2D eigenvalue weighted by Crippen LogP contribution is 1.94. The van der Waals surface area contributed by atoms with Gasteiger partial charge in [-0.2, -0.15) is 0 Å². The number of nitrogens with two attached hydrogens (primary N) is 2. The van der Waals surface area contributed by atoms with Crippen LogP contribution in [0.1, 0.15) is 0 Å². The molecular weight excluding hydrogens is 172 g/mol. The highest BCUT2D eigenvalue weighted by atomic mass is 17.1. The van der Waals surface area contributed by atoms with Gasteiger partial charge >= 0.3 is 0 Å². The van der Waals surface area contributed by atoms with Crippen molar-refractivity contribution in [2.24, 2.45) is 22.1 Å². The molecule has 0 aromatic carbocycles. The number of hydrogen-bond donors (Lipinski definition) is 3. The molecule has 0 aromatic rings. The number of nitrogens with zero attached hydrogens (tertiary/aromatic N) is 5. The second-order valence-electron chi connectivity index (χ2n) is 1.38. The van der Waals surface area contributed by atoms with Crippen LogP contribution >= 0.6 is 0 Å². The second-order valence-corrected chi connectivity index (χ2v) is 1.38. The summed E-state index contributed by atoms with van der Waals surface area (Å²) in [5.41, 5.74) is 1.72. The normalized spacial score (nSPS) is 11.8. The molecule has 0 aliphatic heterocycles. The Balaban J connectivity index is 3.93. The Labute approximate surface area is 67.1 Å². The lowest BCUT2D eigenvalue weighted by atomic mass is 11.5. The second kappa shape index (κ2) is 5.56. The Morgan fingerprint density at radius 1 is 1.50 bits per heavy atom. The minimum atomic E-state index is -0.372. The summed E-state index contributed by atoms with van der Waals surface area (Å²) in [6.07, 6.45) is 0. The van der Waals surface area contributed by atoms with Crippen LogP contribution in [0.5, 0.6) is 0 Å². The predicted octanol–water partition coefficient (Wildman–Crippen LogP) is -2.10. The molecule has 11 heteroatoms. The molecular formula is CH8N8O3-2. The first-order valence-electron chi connectivity index (χ1n) is 2.55. The lowest BCUT2D eigenvalue weighted by Crippen LogP contribution is -2.49. The van der Waals surface area contributed by atoms with E-state index in [1.807, 2.05) is 0 Å². The molecule has 0 saturated carbocycles. The molecule has 0 amide bonds. The Hall–Kier alpha value is -1.08. The Bertz CT molecular complexity index is 136. The van der Waals surface area contributed by atoms with Gasteiger partial charge in [0.25, 0.3) is 0 Å². The van der Waals surface area contributed by atoms with E-state index >= 15 is 0 Å². The molecule has 0 bridgehead atoms. The van der Waals surface area contributed by atoms with E-state index < -0.39 is 0 Å². The van der Waals surface area contributed by atoms with Gasteiger partial charge in [0, 0.05) is 7.05 Å². The van der Waals surface area contributed by atoms with Gasteiger partial charge in [-0.05, 0) is 5.22 Å². The van der Waals surface area contributed by atoms with Gasteiger partial charge in [-0.25, -0.2) is 10.2 Å². The molecule has 0 unspecified atom stereocenters. The van der Waals surface area contributed by atoms with Crippen molar-refractivity contribution in [3.8, 4) is 0 Å². The van der Waals surface area contributed by atoms with Crippen molar-refractivity contribution >= 4 is 0 Å². The van der Waals surface area contributed by atoms with Gasteiger partial charge in [-0.15, -0.1) is 16.1 Å². The lowest BCUT2D eigenvalue weighted by molar-refractivity contribution is -0.365. The molecule has 0 spiro atoms. The quantitative estimate of drug-likeness (QED) is 0.245. The van der Waals surface area contributed by atoms with Crippen molar-refractivity contribution in [3.05, 3.63) is 10.4 Å². The topological polar surface area (TPSA) is 154 Å². The summed E-state index contributed by atoms with van der Waals surface area (Å²) < 4.78 is 0. The SMILES string of the molecule is CN([O-])ON([O-])N(/N=N/N)NN. The van der Waals surface area contributed by atoms with Crippen molar-refractivity contribution in [1.82, 2.24) is 21.3 Å². The van der Waals surface area contributed by atoms with Crippen molar-refractivity contribution in [2.45, 2.75) is 0 Å². The fourth-order valence-electron chi connectivity index (χ4n) is 0.287. The molecule has 0 fully saturated rings. The summed E-state index contributed by atoms with van der Waals surface area (Å²) in [5.74, 6) is 9.34. The van der Waals surface area contributed by atoms with Crippen LogP contribution in [-0.4, -0.2) is 22.8 Å². The number of hydroxylamine groups is 2. The molecule has 72 valence electrons.